The highest BCUT2D eigenvalue weighted by molar-refractivity contribution is 5.73. The summed E-state index contributed by atoms with van der Waals surface area (Å²) in [4.78, 5) is 2.33. The van der Waals surface area contributed by atoms with Crippen molar-refractivity contribution in [2.24, 2.45) is 0 Å². The average molecular weight is 370 g/mol. The van der Waals surface area contributed by atoms with Crippen molar-refractivity contribution in [2.75, 3.05) is 6.54 Å². The number of hydrogen-bond acceptors (Lipinski definition) is 1. The largest absolute Gasteiger partial charge is 0.342 e. The first-order chi connectivity index (χ1) is 13.5. The molecular formula is C27H31N. The number of rotatable bonds is 7. The Labute approximate surface area is 170 Å². The van der Waals surface area contributed by atoms with E-state index in [4.69, 9.17) is 6.42 Å². The molecule has 0 aromatic heterocycles. The Balaban J connectivity index is 1.78. The topological polar surface area (TPSA) is 3.24 Å². The molecule has 1 aromatic carbocycles. The van der Waals surface area contributed by atoms with E-state index in [0.717, 1.165) is 42.8 Å². The smallest absolute Gasteiger partial charge is 0.0475 e. The Morgan fingerprint density at radius 1 is 1.14 bits per heavy atom. The summed E-state index contributed by atoms with van der Waals surface area (Å²) in [6, 6.07) is 8.27. The Kier molecular flexibility index (Phi) is 6.42. The minimum Gasteiger partial charge on any atom is -0.342 e. The van der Waals surface area contributed by atoms with Crippen LogP contribution in [0.15, 0.2) is 77.7 Å². The van der Waals surface area contributed by atoms with E-state index in [1.807, 2.05) is 12.1 Å². The molecule has 0 heterocycles. The van der Waals surface area contributed by atoms with Gasteiger partial charge in [0.15, 0.2) is 0 Å². The van der Waals surface area contributed by atoms with E-state index < -0.39 is 0 Å². The van der Waals surface area contributed by atoms with Crippen LogP contribution in [0.4, 0.5) is 0 Å². The maximum Gasteiger partial charge on any atom is 0.0475 e. The molecule has 0 bridgehead atoms. The van der Waals surface area contributed by atoms with Crippen LogP contribution in [0.3, 0.4) is 0 Å². The molecule has 2 aliphatic rings. The van der Waals surface area contributed by atoms with Crippen molar-refractivity contribution in [3.63, 3.8) is 0 Å². The third-order valence-electron chi connectivity index (χ3n) is 5.91. The highest BCUT2D eigenvalue weighted by Crippen LogP contribution is 2.34. The van der Waals surface area contributed by atoms with Gasteiger partial charge in [-0.25, -0.2) is 0 Å². The maximum atomic E-state index is 5.47. The van der Waals surface area contributed by atoms with Crippen molar-refractivity contribution in [1.29, 1.82) is 0 Å². The lowest BCUT2D eigenvalue weighted by Crippen LogP contribution is -2.25. The van der Waals surface area contributed by atoms with E-state index in [1.54, 1.807) is 0 Å². The Morgan fingerprint density at radius 3 is 2.50 bits per heavy atom. The lowest BCUT2D eigenvalue weighted by atomic mass is 9.90. The number of terminal acetylenes is 1. The zero-order chi connectivity index (χ0) is 20.1. The highest BCUT2D eigenvalue weighted by Gasteiger charge is 2.20. The van der Waals surface area contributed by atoms with Crippen LogP contribution >= 0.6 is 0 Å². The third kappa shape index (κ3) is 4.39. The molecule has 28 heavy (non-hydrogen) atoms. The lowest BCUT2D eigenvalue weighted by Gasteiger charge is -2.32. The standard InChI is InChI=1S/C27H31N/c1-6-21(4)28(22(5)27-11-9-8-10-20(27)3)19-24-14-17-26(18-24)25-15-12-23(7-2)13-16-25/h2,12-16,18H,4-6,8-11,17,19H2,1,3H3. The van der Waals surface area contributed by atoms with E-state index in [-0.39, 0.29) is 0 Å². The zero-order valence-electron chi connectivity index (χ0n) is 17.4. The molecule has 0 saturated carbocycles. The SMILES string of the molecule is C#Cc1ccc(C2=CC(CN(C(=C)CC)C(=C)C3=C(C)CCCC3)=CC2)cc1. The zero-order valence-corrected chi connectivity index (χ0v) is 17.4. The van der Waals surface area contributed by atoms with Crippen LogP contribution in [0.2, 0.25) is 0 Å². The predicted molar refractivity (Wildman–Crippen MR) is 121 cm³/mol. The minimum atomic E-state index is 0.841. The minimum absolute atomic E-state index is 0.841. The molecule has 0 spiro atoms. The van der Waals surface area contributed by atoms with E-state index in [2.05, 4.69) is 62.1 Å². The van der Waals surface area contributed by atoms with Gasteiger partial charge in [-0.1, -0.05) is 55.9 Å². The molecule has 0 aliphatic heterocycles. The molecule has 1 aromatic rings. The Bertz CT molecular complexity index is 897. The molecule has 1 heteroatoms. The summed E-state index contributed by atoms with van der Waals surface area (Å²) in [7, 11) is 0. The van der Waals surface area contributed by atoms with E-state index >= 15 is 0 Å². The van der Waals surface area contributed by atoms with Crippen LogP contribution in [0.1, 0.15) is 63.5 Å². The summed E-state index contributed by atoms with van der Waals surface area (Å²) < 4.78 is 0. The average Bonchev–Trinajstić information content (AvgIpc) is 3.20. The maximum absolute atomic E-state index is 5.47. The predicted octanol–water partition coefficient (Wildman–Crippen LogP) is 7.01. The Hall–Kier alpha value is -2.72. The summed E-state index contributed by atoms with van der Waals surface area (Å²) in [5, 5.41) is 0. The second-order valence-electron chi connectivity index (χ2n) is 7.79. The monoisotopic (exact) mass is 369 g/mol. The molecule has 144 valence electrons. The van der Waals surface area contributed by atoms with Crippen molar-refractivity contribution < 1.29 is 0 Å². The van der Waals surface area contributed by atoms with E-state index in [1.165, 1.54) is 47.1 Å². The summed E-state index contributed by atoms with van der Waals surface area (Å²) in [6.07, 6.45) is 16.9. The molecular weight excluding hydrogens is 338 g/mol. The first kappa shape index (κ1) is 20.0. The molecule has 2 aliphatic carbocycles. The summed E-state index contributed by atoms with van der Waals surface area (Å²) in [5.74, 6) is 2.68. The van der Waals surface area contributed by atoms with Gasteiger partial charge in [-0.3, -0.25) is 0 Å². The van der Waals surface area contributed by atoms with Gasteiger partial charge in [0.2, 0.25) is 0 Å². The fourth-order valence-corrected chi connectivity index (χ4v) is 4.06. The fourth-order valence-electron chi connectivity index (χ4n) is 4.06. The van der Waals surface area contributed by atoms with Gasteiger partial charge in [0.05, 0.1) is 0 Å². The molecule has 0 amide bonds. The van der Waals surface area contributed by atoms with Crippen molar-refractivity contribution in [3.05, 3.63) is 88.8 Å². The molecule has 1 nitrogen and oxygen atoms in total. The molecule has 3 rings (SSSR count). The lowest BCUT2D eigenvalue weighted by molar-refractivity contribution is 0.452. The van der Waals surface area contributed by atoms with Gasteiger partial charge in [-0.15, -0.1) is 6.42 Å². The highest BCUT2D eigenvalue weighted by atomic mass is 15.1. The molecule has 0 saturated heterocycles. The van der Waals surface area contributed by atoms with Crippen LogP contribution in [0.5, 0.6) is 0 Å². The van der Waals surface area contributed by atoms with E-state index in [9.17, 15) is 0 Å². The van der Waals surface area contributed by atoms with Gasteiger partial charge in [-0.2, -0.15) is 0 Å². The second-order valence-corrected chi connectivity index (χ2v) is 7.79. The van der Waals surface area contributed by atoms with Crippen LogP contribution in [-0.4, -0.2) is 11.4 Å². The number of nitrogens with zero attached hydrogens (tertiary/aromatic N) is 1. The number of benzene rings is 1. The van der Waals surface area contributed by atoms with Crippen molar-refractivity contribution in [1.82, 2.24) is 4.90 Å². The summed E-state index contributed by atoms with van der Waals surface area (Å²) in [6.45, 7) is 14.1. The van der Waals surface area contributed by atoms with Crippen LogP contribution in [-0.2, 0) is 0 Å². The first-order valence-corrected chi connectivity index (χ1v) is 10.3. The van der Waals surface area contributed by atoms with Gasteiger partial charge in [-0.05, 0) is 79.9 Å². The molecule has 0 N–H and O–H groups in total. The summed E-state index contributed by atoms with van der Waals surface area (Å²) >= 11 is 0. The number of allylic oxidation sites excluding steroid dienone is 5. The second kappa shape index (κ2) is 8.98. The van der Waals surface area contributed by atoms with Gasteiger partial charge in [0.1, 0.15) is 0 Å². The van der Waals surface area contributed by atoms with Crippen molar-refractivity contribution >= 4 is 5.57 Å². The molecule has 0 atom stereocenters. The molecule has 0 fully saturated rings. The van der Waals surface area contributed by atoms with Crippen molar-refractivity contribution in [2.45, 2.75) is 52.4 Å². The van der Waals surface area contributed by atoms with Gasteiger partial charge in [0.25, 0.3) is 0 Å². The quantitative estimate of drug-likeness (QED) is 0.467. The van der Waals surface area contributed by atoms with Crippen LogP contribution in [0.25, 0.3) is 5.57 Å². The Morgan fingerprint density at radius 2 is 1.86 bits per heavy atom. The van der Waals surface area contributed by atoms with Crippen LogP contribution < -0.4 is 0 Å². The van der Waals surface area contributed by atoms with Gasteiger partial charge in [0, 0.05) is 23.5 Å². The van der Waals surface area contributed by atoms with Gasteiger partial charge >= 0.3 is 0 Å². The number of hydrogen-bond donors (Lipinski definition) is 0. The first-order valence-electron chi connectivity index (χ1n) is 10.3. The van der Waals surface area contributed by atoms with Crippen molar-refractivity contribution in [3.8, 4) is 12.3 Å². The van der Waals surface area contributed by atoms with Gasteiger partial charge < -0.3 is 4.90 Å². The normalized spacial score (nSPS) is 16.3. The van der Waals surface area contributed by atoms with E-state index in [0.29, 0.717) is 0 Å². The van der Waals surface area contributed by atoms with Crippen LogP contribution in [0, 0.1) is 12.3 Å². The fraction of sp³-hybridized carbons (Fsp3) is 0.333. The summed E-state index contributed by atoms with van der Waals surface area (Å²) in [5.41, 5.74) is 10.1. The third-order valence-corrected chi connectivity index (χ3v) is 5.91. The molecule has 0 unspecified atom stereocenters. The molecule has 0 radical (unpaired) electrons.